The highest BCUT2D eigenvalue weighted by atomic mass is 35.5. The number of para-hydroxylation sites is 1. The molecule has 1 atom stereocenters. The van der Waals surface area contributed by atoms with E-state index >= 15 is 0 Å². The van der Waals surface area contributed by atoms with Crippen molar-refractivity contribution in [3.63, 3.8) is 0 Å². The third-order valence-corrected chi connectivity index (χ3v) is 6.78. The van der Waals surface area contributed by atoms with Crippen LogP contribution in [0.2, 0.25) is 5.02 Å². The van der Waals surface area contributed by atoms with Crippen LogP contribution in [-0.4, -0.2) is 92.8 Å². The van der Waals surface area contributed by atoms with Gasteiger partial charge in [0.15, 0.2) is 18.3 Å². The summed E-state index contributed by atoms with van der Waals surface area (Å²) in [5.74, 6) is -0.550. The maximum Gasteiger partial charge on any atom is 0.416 e. The molecule has 3 aromatic rings. The monoisotopic (exact) mass is 593 g/mol. The normalized spacial score (nSPS) is 15.4. The molecule has 0 saturated carbocycles. The molecule has 4 rings (SSSR count). The number of aliphatic imine (C=N–C) groups is 1. The summed E-state index contributed by atoms with van der Waals surface area (Å²) >= 11 is 5.90. The number of nitrogens with two attached hydrogens (primary N) is 1. The van der Waals surface area contributed by atoms with E-state index < -0.39 is 31.1 Å². The Labute approximate surface area is 238 Å². The van der Waals surface area contributed by atoms with Crippen molar-refractivity contribution >= 4 is 35.4 Å². The molecule has 0 radical (unpaired) electrons. The largest absolute Gasteiger partial charge is 0.416 e. The number of carbonyl (C=O) groups is 1. The predicted octanol–water partition coefficient (Wildman–Crippen LogP) is 1.58. The second kappa shape index (κ2) is 12.8. The number of alkyl halides is 3. The first-order valence-corrected chi connectivity index (χ1v) is 13.0. The number of piperazine rings is 1. The van der Waals surface area contributed by atoms with Gasteiger partial charge in [-0.3, -0.25) is 20.1 Å². The number of benzene rings is 2. The number of nitrogens with one attached hydrogen (secondary N) is 1. The molecular formula is C26H29ClF3N8O3+. The van der Waals surface area contributed by atoms with E-state index in [-0.39, 0.29) is 17.6 Å². The minimum Gasteiger partial charge on any atom is -0.382 e. The number of nitrogens with zero attached hydrogens (tertiary/aromatic N) is 6. The number of halogens is 4. The molecule has 1 saturated heterocycles. The number of amides is 1. The molecule has 2 heterocycles. The molecule has 0 spiro atoms. The van der Waals surface area contributed by atoms with Crippen LogP contribution in [0.25, 0.3) is 11.4 Å². The lowest BCUT2D eigenvalue weighted by atomic mass is 10.1. The van der Waals surface area contributed by atoms with Crippen molar-refractivity contribution in [1.29, 1.82) is 5.41 Å². The van der Waals surface area contributed by atoms with E-state index in [4.69, 9.17) is 17.0 Å². The molecule has 11 nitrogen and oxygen atoms in total. The predicted molar refractivity (Wildman–Crippen MR) is 147 cm³/mol. The number of aromatic nitrogens is 3. The Morgan fingerprint density at radius 1 is 1.17 bits per heavy atom. The fraction of sp³-hybridized carbons (Fsp3) is 0.346. The van der Waals surface area contributed by atoms with Gasteiger partial charge in [-0.25, -0.2) is 9.48 Å². The smallest absolute Gasteiger partial charge is 0.382 e. The zero-order chi connectivity index (χ0) is 29.7. The van der Waals surface area contributed by atoms with Gasteiger partial charge in [-0.2, -0.15) is 18.2 Å². The minimum atomic E-state index is -4.95. The Bertz CT molecular complexity index is 1480. The van der Waals surface area contributed by atoms with Gasteiger partial charge in [-0.05, 0) is 37.4 Å². The molecule has 1 amide bonds. The van der Waals surface area contributed by atoms with E-state index in [0.717, 1.165) is 17.8 Å². The Kier molecular flexibility index (Phi) is 9.38. The Balaban J connectivity index is 1.50. The second-order valence-electron chi connectivity index (χ2n) is 9.51. The summed E-state index contributed by atoms with van der Waals surface area (Å²) in [4.78, 5) is 34.0. The number of aliphatic hydroxyl groups excluding tert-OH is 1. The molecule has 1 fully saturated rings. The van der Waals surface area contributed by atoms with Crippen molar-refractivity contribution in [3.05, 3.63) is 69.6 Å². The van der Waals surface area contributed by atoms with Crippen LogP contribution in [-0.2, 0) is 13.1 Å². The fourth-order valence-corrected chi connectivity index (χ4v) is 4.33. The van der Waals surface area contributed by atoms with Crippen molar-refractivity contribution in [1.82, 2.24) is 24.1 Å². The number of quaternary nitrogens is 1. The molecule has 1 aromatic heterocycles. The lowest BCUT2D eigenvalue weighted by Crippen LogP contribution is -2.77. The number of hydrogen-bond donors (Lipinski definition) is 3. The molecule has 2 aromatic carbocycles. The first kappa shape index (κ1) is 30.1. The summed E-state index contributed by atoms with van der Waals surface area (Å²) in [5.41, 5.74) is 0.427. The zero-order valence-electron chi connectivity index (χ0n) is 22.1. The average Bonchev–Trinajstić information content (AvgIpc) is 3.23. The average molecular weight is 594 g/mol. The molecule has 41 heavy (non-hydrogen) atoms. The summed E-state index contributed by atoms with van der Waals surface area (Å²) in [6, 6.07) is 12.9. The van der Waals surface area contributed by atoms with Crippen LogP contribution >= 0.6 is 11.6 Å². The molecule has 1 aliphatic heterocycles. The molecule has 218 valence electrons. The van der Waals surface area contributed by atoms with Crippen LogP contribution in [0.1, 0.15) is 10.4 Å². The molecular weight excluding hydrogens is 565 g/mol. The maximum absolute atomic E-state index is 13.1. The third kappa shape index (κ3) is 7.47. The lowest BCUT2D eigenvalue weighted by molar-refractivity contribution is -0.433. The van der Waals surface area contributed by atoms with Crippen LogP contribution in [0.5, 0.6) is 0 Å². The summed E-state index contributed by atoms with van der Waals surface area (Å²) in [7, 11) is 2.00. The minimum absolute atomic E-state index is 0.110. The number of carbonyl (C=O) groups excluding carboxylic acids is 1. The number of amidine groups is 1. The second-order valence-corrected chi connectivity index (χ2v) is 9.95. The Morgan fingerprint density at radius 3 is 2.49 bits per heavy atom. The van der Waals surface area contributed by atoms with Gasteiger partial charge in [0.1, 0.15) is 23.6 Å². The fourth-order valence-electron chi connectivity index (χ4n) is 4.20. The quantitative estimate of drug-likeness (QED) is 0.207. The van der Waals surface area contributed by atoms with Gasteiger partial charge in [0.2, 0.25) is 0 Å². The summed E-state index contributed by atoms with van der Waals surface area (Å²) in [6.45, 7) is 1.26. The van der Waals surface area contributed by atoms with Crippen LogP contribution in [0.4, 0.5) is 18.9 Å². The maximum atomic E-state index is 13.1. The van der Waals surface area contributed by atoms with E-state index in [1.807, 2.05) is 7.05 Å². The third-order valence-electron chi connectivity index (χ3n) is 6.52. The van der Waals surface area contributed by atoms with Crippen molar-refractivity contribution in [2.24, 2.45) is 4.99 Å². The van der Waals surface area contributed by atoms with E-state index in [2.05, 4.69) is 15.0 Å². The Morgan fingerprint density at radius 2 is 1.83 bits per heavy atom. The highest BCUT2D eigenvalue weighted by Crippen LogP contribution is 2.24. The number of hydrogen-bond acceptors (Lipinski definition) is 6. The number of rotatable bonds is 8. The first-order chi connectivity index (χ1) is 19.4. The molecule has 15 heteroatoms. The van der Waals surface area contributed by atoms with Crippen LogP contribution in [0, 0.1) is 5.41 Å². The van der Waals surface area contributed by atoms with Gasteiger partial charge in [-0.15, -0.1) is 5.10 Å². The molecule has 0 unspecified atom stereocenters. The zero-order valence-corrected chi connectivity index (χ0v) is 22.8. The first-order valence-electron chi connectivity index (χ1n) is 12.6. The van der Waals surface area contributed by atoms with Gasteiger partial charge < -0.3 is 14.9 Å². The van der Waals surface area contributed by atoms with Gasteiger partial charge in [0.05, 0.1) is 6.54 Å². The lowest BCUT2D eigenvalue weighted by Gasteiger charge is -2.32. The van der Waals surface area contributed by atoms with Crippen molar-refractivity contribution in [3.8, 4) is 11.4 Å². The molecule has 0 bridgehead atoms. The molecule has 1 aliphatic rings. The standard InChI is InChI=1S/C26H28ClF3N8O3/c1-35-10-12-36(13-11-35)24(40)19-4-2-3-5-20(19)32-16-33-22(31)15-38-25(41)37(14-21(39)26(28,29)30)23(34-38)17-6-8-18(27)9-7-17/h2-9,16,21,39H,10-15H2,1H3,(H2,31,32,33)/p+1/t21-/m0/s1. The van der Waals surface area contributed by atoms with Crippen molar-refractivity contribution in [2.75, 3.05) is 33.2 Å². The highest BCUT2D eigenvalue weighted by molar-refractivity contribution is 6.30. The van der Waals surface area contributed by atoms with Gasteiger partial charge in [-0.1, -0.05) is 23.7 Å². The van der Waals surface area contributed by atoms with Crippen molar-refractivity contribution < 1.29 is 28.4 Å². The summed E-state index contributed by atoms with van der Waals surface area (Å²) in [6.07, 6.45) is -6.44. The number of likely N-dealkylation sites (N-methyl/N-ethyl adjacent to an activating group) is 1. The van der Waals surface area contributed by atoms with Gasteiger partial charge in [0, 0.05) is 42.8 Å². The SMILES string of the molecule is CN1CCN(C(=O)c2ccccc2[NH2+]C=NC(=N)Cn2nc(-c3ccc(Cl)cc3)n(C[C@H](O)C(F)(F)F)c2=O)CC1. The molecule has 0 aliphatic carbocycles. The van der Waals surface area contributed by atoms with E-state index in [0.29, 0.717) is 39.5 Å². The van der Waals surface area contributed by atoms with Gasteiger partial charge >= 0.3 is 11.9 Å². The van der Waals surface area contributed by atoms with Crippen molar-refractivity contribution in [2.45, 2.75) is 25.4 Å². The molecule has 4 N–H and O–H groups in total. The number of aliphatic hydroxyl groups is 1. The Hall–Kier alpha value is -3.85. The van der Waals surface area contributed by atoms with E-state index in [1.165, 1.54) is 30.6 Å². The highest BCUT2D eigenvalue weighted by Gasteiger charge is 2.39. The summed E-state index contributed by atoms with van der Waals surface area (Å²) < 4.78 is 40.7. The van der Waals surface area contributed by atoms with E-state index in [9.17, 15) is 27.9 Å². The van der Waals surface area contributed by atoms with Crippen LogP contribution in [0.15, 0.2) is 58.3 Å². The van der Waals surface area contributed by atoms with Crippen LogP contribution < -0.4 is 11.0 Å². The topological polar surface area (TPSA) is 136 Å². The summed E-state index contributed by atoms with van der Waals surface area (Å²) in [5, 5.41) is 23.9. The van der Waals surface area contributed by atoms with Crippen LogP contribution in [0.3, 0.4) is 0 Å². The van der Waals surface area contributed by atoms with E-state index in [1.54, 1.807) is 34.5 Å². The van der Waals surface area contributed by atoms with Gasteiger partial charge in [0.25, 0.3) is 5.91 Å².